The van der Waals surface area contributed by atoms with Crippen LogP contribution in [0.25, 0.3) is 5.65 Å². The summed E-state index contributed by atoms with van der Waals surface area (Å²) in [6.07, 6.45) is 9.14. The van der Waals surface area contributed by atoms with Crippen molar-refractivity contribution < 1.29 is 0 Å². The number of rotatable bonds is 5. The van der Waals surface area contributed by atoms with E-state index in [2.05, 4.69) is 22.5 Å². The van der Waals surface area contributed by atoms with Gasteiger partial charge in [-0.05, 0) is 32.0 Å². The van der Waals surface area contributed by atoms with Gasteiger partial charge >= 0.3 is 0 Å². The molecule has 2 rings (SSSR count). The predicted octanol–water partition coefficient (Wildman–Crippen LogP) is 3.04. The van der Waals surface area contributed by atoms with Gasteiger partial charge in [0, 0.05) is 18.9 Å². The van der Waals surface area contributed by atoms with Crippen molar-refractivity contribution in [2.75, 3.05) is 6.54 Å². The van der Waals surface area contributed by atoms with Gasteiger partial charge in [0.05, 0.1) is 10.7 Å². The molecule has 0 fully saturated rings. The zero-order chi connectivity index (χ0) is 12.1. The number of halogens is 1. The summed E-state index contributed by atoms with van der Waals surface area (Å²) in [7, 11) is 0. The third-order valence-electron chi connectivity index (χ3n) is 2.49. The van der Waals surface area contributed by atoms with Crippen LogP contribution in [0.15, 0.2) is 36.7 Å². The van der Waals surface area contributed by atoms with Crippen LogP contribution in [0.1, 0.15) is 19.0 Å². The minimum atomic E-state index is 0.725. The quantitative estimate of drug-likeness (QED) is 0.652. The van der Waals surface area contributed by atoms with Crippen molar-refractivity contribution in [1.82, 2.24) is 14.7 Å². The molecule has 0 aromatic carbocycles. The Kier molecular flexibility index (Phi) is 4.18. The zero-order valence-electron chi connectivity index (χ0n) is 9.86. The van der Waals surface area contributed by atoms with E-state index in [9.17, 15) is 0 Å². The Bertz CT molecular complexity index is 516. The second kappa shape index (κ2) is 5.84. The smallest absolute Gasteiger partial charge is 0.137 e. The average Bonchev–Trinajstić information content (AvgIpc) is 2.70. The van der Waals surface area contributed by atoms with Gasteiger partial charge in [-0.1, -0.05) is 23.8 Å². The molecule has 0 radical (unpaired) electrons. The van der Waals surface area contributed by atoms with Gasteiger partial charge in [0.25, 0.3) is 0 Å². The number of allylic oxidation sites excluding steroid dienone is 1. The second-order valence-electron chi connectivity index (χ2n) is 3.88. The van der Waals surface area contributed by atoms with E-state index >= 15 is 0 Å². The fourth-order valence-corrected chi connectivity index (χ4v) is 1.84. The molecule has 0 amide bonds. The molecule has 0 bridgehead atoms. The molecule has 4 heteroatoms. The van der Waals surface area contributed by atoms with Gasteiger partial charge in [0.1, 0.15) is 5.65 Å². The van der Waals surface area contributed by atoms with Crippen molar-refractivity contribution in [3.63, 3.8) is 0 Å². The van der Waals surface area contributed by atoms with E-state index in [4.69, 9.17) is 11.6 Å². The fraction of sp³-hybridized carbons (Fsp3) is 0.308. The second-order valence-corrected chi connectivity index (χ2v) is 4.32. The molecule has 0 saturated carbocycles. The number of aromatic nitrogens is 2. The van der Waals surface area contributed by atoms with Crippen LogP contribution in [0.3, 0.4) is 0 Å². The number of hydrogen-bond acceptors (Lipinski definition) is 2. The number of hydrogen-bond donors (Lipinski definition) is 1. The molecule has 1 N–H and O–H groups in total. The van der Waals surface area contributed by atoms with Crippen molar-refractivity contribution in [2.45, 2.75) is 19.9 Å². The van der Waals surface area contributed by atoms with Gasteiger partial charge in [-0.2, -0.15) is 0 Å². The molecule has 2 aromatic rings. The molecule has 3 nitrogen and oxygen atoms in total. The van der Waals surface area contributed by atoms with E-state index in [0.717, 1.165) is 35.9 Å². The van der Waals surface area contributed by atoms with Gasteiger partial charge in [0.2, 0.25) is 0 Å². The maximum Gasteiger partial charge on any atom is 0.137 e. The Morgan fingerprint density at radius 1 is 1.41 bits per heavy atom. The monoisotopic (exact) mass is 249 g/mol. The lowest BCUT2D eigenvalue weighted by atomic mass is 10.3. The Morgan fingerprint density at radius 3 is 3.12 bits per heavy atom. The topological polar surface area (TPSA) is 29.3 Å². The molecule has 0 aliphatic heterocycles. The first-order chi connectivity index (χ1) is 8.29. The highest BCUT2D eigenvalue weighted by Gasteiger charge is 2.00. The van der Waals surface area contributed by atoms with E-state index in [1.165, 1.54) is 0 Å². The maximum absolute atomic E-state index is 5.92. The molecule has 0 saturated heterocycles. The van der Waals surface area contributed by atoms with E-state index in [1.807, 2.05) is 35.9 Å². The van der Waals surface area contributed by atoms with Crippen LogP contribution in [-0.2, 0) is 6.54 Å². The Balaban J connectivity index is 1.95. The fourth-order valence-electron chi connectivity index (χ4n) is 1.67. The lowest BCUT2D eigenvalue weighted by molar-refractivity contribution is 0.685. The summed E-state index contributed by atoms with van der Waals surface area (Å²) in [4.78, 5) is 4.50. The van der Waals surface area contributed by atoms with Crippen molar-refractivity contribution in [3.8, 4) is 0 Å². The summed E-state index contributed by atoms with van der Waals surface area (Å²) in [5, 5.41) is 4.08. The van der Waals surface area contributed by atoms with Crippen LogP contribution >= 0.6 is 11.6 Å². The van der Waals surface area contributed by atoms with E-state index in [1.54, 1.807) is 0 Å². The van der Waals surface area contributed by atoms with Crippen LogP contribution in [0, 0.1) is 0 Å². The summed E-state index contributed by atoms with van der Waals surface area (Å²) in [5.41, 5.74) is 1.97. The molecule has 2 aromatic heterocycles. The molecule has 0 unspecified atom stereocenters. The highest BCUT2D eigenvalue weighted by atomic mass is 35.5. The maximum atomic E-state index is 5.92. The van der Waals surface area contributed by atoms with Gasteiger partial charge in [0.15, 0.2) is 0 Å². The van der Waals surface area contributed by atoms with Crippen molar-refractivity contribution in [1.29, 1.82) is 0 Å². The number of nitrogens with zero attached hydrogens (tertiary/aromatic N) is 2. The molecular weight excluding hydrogens is 234 g/mol. The highest BCUT2D eigenvalue weighted by molar-refractivity contribution is 6.30. The van der Waals surface area contributed by atoms with Crippen LogP contribution < -0.4 is 5.32 Å². The molecule has 0 aliphatic rings. The number of pyridine rings is 1. The summed E-state index contributed by atoms with van der Waals surface area (Å²) >= 11 is 5.92. The zero-order valence-corrected chi connectivity index (χ0v) is 10.6. The number of fused-ring (bicyclic) bond motifs is 1. The van der Waals surface area contributed by atoms with Crippen molar-refractivity contribution in [3.05, 3.63) is 47.4 Å². The van der Waals surface area contributed by atoms with Crippen LogP contribution in [0.4, 0.5) is 0 Å². The molecule has 90 valence electrons. The van der Waals surface area contributed by atoms with Gasteiger partial charge < -0.3 is 9.72 Å². The minimum Gasteiger partial charge on any atom is -0.311 e. The predicted molar refractivity (Wildman–Crippen MR) is 71.3 cm³/mol. The van der Waals surface area contributed by atoms with Crippen LogP contribution in [0.2, 0.25) is 5.02 Å². The lowest BCUT2D eigenvalue weighted by Gasteiger charge is -1.98. The van der Waals surface area contributed by atoms with E-state index in [-0.39, 0.29) is 0 Å². The van der Waals surface area contributed by atoms with E-state index in [0.29, 0.717) is 0 Å². The summed E-state index contributed by atoms with van der Waals surface area (Å²) in [6, 6.07) is 3.78. The largest absolute Gasteiger partial charge is 0.311 e. The molecule has 17 heavy (non-hydrogen) atoms. The molecule has 0 atom stereocenters. The molecule has 0 spiro atoms. The molecule has 2 heterocycles. The van der Waals surface area contributed by atoms with Crippen molar-refractivity contribution >= 4 is 17.2 Å². The SMILES string of the molecule is C/C=C/CCNCc1cn2cc(Cl)ccc2n1. The first-order valence-corrected chi connectivity index (χ1v) is 6.12. The van der Waals surface area contributed by atoms with Gasteiger partial charge in [-0.3, -0.25) is 0 Å². The average molecular weight is 250 g/mol. The van der Waals surface area contributed by atoms with Crippen molar-refractivity contribution in [2.24, 2.45) is 0 Å². The Labute approximate surface area is 106 Å². The number of nitrogens with one attached hydrogen (secondary N) is 1. The Morgan fingerprint density at radius 2 is 2.29 bits per heavy atom. The van der Waals surface area contributed by atoms with Crippen LogP contribution in [0.5, 0.6) is 0 Å². The standard InChI is InChI=1S/C13H16ClN3/c1-2-3-4-7-15-8-12-10-17-9-11(14)5-6-13(17)16-12/h2-3,5-6,9-10,15H,4,7-8H2,1H3/b3-2+. The first kappa shape index (κ1) is 12.1. The summed E-state index contributed by atoms with van der Waals surface area (Å²) in [5.74, 6) is 0. The third kappa shape index (κ3) is 3.32. The third-order valence-corrected chi connectivity index (χ3v) is 2.72. The summed E-state index contributed by atoms with van der Waals surface area (Å²) < 4.78 is 1.95. The summed E-state index contributed by atoms with van der Waals surface area (Å²) in [6.45, 7) is 3.79. The first-order valence-electron chi connectivity index (χ1n) is 5.74. The highest BCUT2D eigenvalue weighted by Crippen LogP contribution is 2.11. The molecule has 0 aliphatic carbocycles. The van der Waals surface area contributed by atoms with E-state index < -0.39 is 0 Å². The molecular formula is C13H16ClN3. The van der Waals surface area contributed by atoms with Gasteiger partial charge in [-0.25, -0.2) is 4.98 Å². The number of imidazole rings is 1. The lowest BCUT2D eigenvalue weighted by Crippen LogP contribution is -2.14. The normalized spacial score (nSPS) is 11.6. The van der Waals surface area contributed by atoms with Crippen LogP contribution in [-0.4, -0.2) is 15.9 Å². The Hall–Kier alpha value is -1.32. The minimum absolute atomic E-state index is 0.725. The van der Waals surface area contributed by atoms with Gasteiger partial charge in [-0.15, -0.1) is 0 Å².